The van der Waals surface area contributed by atoms with Crippen molar-refractivity contribution in [1.29, 1.82) is 0 Å². The maximum atomic E-state index is 12.2. The number of phenolic OH excluding ortho intramolecular Hbond substituents is 2. The van der Waals surface area contributed by atoms with Gasteiger partial charge < -0.3 is 20.8 Å². The van der Waals surface area contributed by atoms with Gasteiger partial charge in [0.2, 0.25) is 0 Å². The number of hydrogen-bond acceptors (Lipinski definition) is 5. The van der Waals surface area contributed by atoms with Gasteiger partial charge in [-0.1, -0.05) is 6.07 Å². The number of benzene rings is 2. The smallest absolute Gasteiger partial charge is 0.257 e. The third-order valence-corrected chi connectivity index (χ3v) is 3.47. The molecule has 0 bridgehead atoms. The van der Waals surface area contributed by atoms with Gasteiger partial charge in [-0.05, 0) is 42.5 Å². The second kappa shape index (κ2) is 7.35. The van der Waals surface area contributed by atoms with Crippen LogP contribution in [0.3, 0.4) is 0 Å². The van der Waals surface area contributed by atoms with Gasteiger partial charge in [-0.2, -0.15) is 0 Å². The van der Waals surface area contributed by atoms with E-state index in [4.69, 9.17) is 0 Å². The van der Waals surface area contributed by atoms with Crippen LogP contribution in [0, 0.1) is 0 Å². The Morgan fingerprint density at radius 3 is 1.96 bits per heavy atom. The number of anilines is 2. The number of hydrogen-bond donors (Lipinski definition) is 4. The average molecular weight is 349 g/mol. The first kappa shape index (κ1) is 17.0. The zero-order chi connectivity index (χ0) is 18.5. The number of aromatic nitrogens is 1. The molecule has 2 aromatic carbocycles. The lowest BCUT2D eigenvalue weighted by molar-refractivity contribution is 0.101. The van der Waals surface area contributed by atoms with Crippen LogP contribution in [-0.4, -0.2) is 27.0 Å². The molecule has 0 aliphatic carbocycles. The zero-order valence-corrected chi connectivity index (χ0v) is 13.5. The molecule has 0 unspecified atom stereocenters. The van der Waals surface area contributed by atoms with Gasteiger partial charge in [-0.25, -0.2) is 0 Å². The molecular weight excluding hydrogens is 334 g/mol. The fraction of sp³-hybridized carbons (Fsp3) is 0. The highest BCUT2D eigenvalue weighted by atomic mass is 16.3. The minimum absolute atomic E-state index is 0.104. The Morgan fingerprint density at radius 1 is 0.769 bits per heavy atom. The third kappa shape index (κ3) is 4.15. The SMILES string of the molecule is O=C(Nc1cccc(NC(=O)c2cc(O)cc(O)c2)c1)c1cccnc1. The van der Waals surface area contributed by atoms with Crippen LogP contribution in [0.5, 0.6) is 11.5 Å². The van der Waals surface area contributed by atoms with E-state index in [0.29, 0.717) is 16.9 Å². The Bertz CT molecular complexity index is 938. The van der Waals surface area contributed by atoms with Crippen LogP contribution in [0.4, 0.5) is 11.4 Å². The molecule has 0 aliphatic heterocycles. The number of carbonyl (C=O) groups is 2. The zero-order valence-electron chi connectivity index (χ0n) is 13.5. The van der Waals surface area contributed by atoms with Gasteiger partial charge in [0.25, 0.3) is 11.8 Å². The van der Waals surface area contributed by atoms with Crippen LogP contribution in [0.15, 0.2) is 67.0 Å². The van der Waals surface area contributed by atoms with Crippen LogP contribution in [0.2, 0.25) is 0 Å². The normalized spacial score (nSPS) is 10.2. The molecule has 7 heteroatoms. The highest BCUT2D eigenvalue weighted by Gasteiger charge is 2.10. The lowest BCUT2D eigenvalue weighted by Gasteiger charge is -2.09. The molecule has 130 valence electrons. The maximum Gasteiger partial charge on any atom is 0.257 e. The summed E-state index contributed by atoms with van der Waals surface area (Å²) in [6.45, 7) is 0. The van der Waals surface area contributed by atoms with Crippen LogP contribution in [0.25, 0.3) is 0 Å². The van der Waals surface area contributed by atoms with E-state index in [1.807, 2.05) is 0 Å². The average Bonchev–Trinajstić information content (AvgIpc) is 2.62. The van der Waals surface area contributed by atoms with E-state index in [1.165, 1.54) is 18.3 Å². The molecule has 1 aromatic heterocycles. The molecule has 3 rings (SSSR count). The fourth-order valence-corrected chi connectivity index (χ4v) is 2.30. The molecule has 0 saturated carbocycles. The summed E-state index contributed by atoms with van der Waals surface area (Å²) in [6, 6.07) is 13.5. The van der Waals surface area contributed by atoms with Crippen molar-refractivity contribution >= 4 is 23.2 Å². The molecule has 0 saturated heterocycles. The van der Waals surface area contributed by atoms with Crippen molar-refractivity contribution in [3.05, 3.63) is 78.1 Å². The Labute approximate surface area is 149 Å². The summed E-state index contributed by atoms with van der Waals surface area (Å²) in [4.78, 5) is 28.3. The summed E-state index contributed by atoms with van der Waals surface area (Å²) < 4.78 is 0. The predicted molar refractivity (Wildman–Crippen MR) is 96.4 cm³/mol. The molecular formula is C19H15N3O4. The first-order chi connectivity index (χ1) is 12.5. The third-order valence-electron chi connectivity index (χ3n) is 3.47. The van der Waals surface area contributed by atoms with Gasteiger partial charge >= 0.3 is 0 Å². The second-order valence-electron chi connectivity index (χ2n) is 5.47. The van der Waals surface area contributed by atoms with E-state index in [0.717, 1.165) is 6.07 Å². The number of nitrogens with zero attached hydrogens (tertiary/aromatic N) is 1. The Morgan fingerprint density at radius 2 is 1.38 bits per heavy atom. The van der Waals surface area contributed by atoms with E-state index in [2.05, 4.69) is 15.6 Å². The fourth-order valence-electron chi connectivity index (χ4n) is 2.30. The summed E-state index contributed by atoms with van der Waals surface area (Å²) in [6.07, 6.45) is 3.03. The van der Waals surface area contributed by atoms with E-state index in [-0.39, 0.29) is 23.0 Å². The van der Waals surface area contributed by atoms with Crippen LogP contribution >= 0.6 is 0 Å². The molecule has 2 amide bonds. The van der Waals surface area contributed by atoms with E-state index < -0.39 is 5.91 Å². The highest BCUT2D eigenvalue weighted by molar-refractivity contribution is 6.06. The second-order valence-corrected chi connectivity index (χ2v) is 5.47. The van der Waals surface area contributed by atoms with Gasteiger partial charge in [-0.3, -0.25) is 14.6 Å². The van der Waals surface area contributed by atoms with E-state index >= 15 is 0 Å². The molecule has 0 spiro atoms. The van der Waals surface area contributed by atoms with E-state index in [1.54, 1.807) is 42.6 Å². The van der Waals surface area contributed by atoms with Crippen LogP contribution in [0.1, 0.15) is 20.7 Å². The first-order valence-corrected chi connectivity index (χ1v) is 7.67. The van der Waals surface area contributed by atoms with Gasteiger partial charge in [-0.15, -0.1) is 0 Å². The van der Waals surface area contributed by atoms with Crippen LogP contribution < -0.4 is 10.6 Å². The molecule has 4 N–H and O–H groups in total. The lowest BCUT2D eigenvalue weighted by Crippen LogP contribution is -2.14. The van der Waals surface area contributed by atoms with Crippen molar-refractivity contribution in [2.75, 3.05) is 10.6 Å². The van der Waals surface area contributed by atoms with Crippen molar-refractivity contribution in [2.24, 2.45) is 0 Å². The number of carbonyl (C=O) groups excluding carboxylic acids is 2. The summed E-state index contributed by atoms with van der Waals surface area (Å²) in [5.41, 5.74) is 1.46. The molecule has 3 aromatic rings. The van der Waals surface area contributed by atoms with Gasteiger partial charge in [0.05, 0.1) is 5.56 Å². The number of rotatable bonds is 4. The first-order valence-electron chi connectivity index (χ1n) is 7.67. The van der Waals surface area contributed by atoms with Gasteiger partial charge in [0.1, 0.15) is 11.5 Å². The minimum atomic E-state index is -0.507. The summed E-state index contributed by atoms with van der Waals surface area (Å²) in [5.74, 6) is -1.26. The molecule has 0 fully saturated rings. The number of phenols is 2. The quantitative estimate of drug-likeness (QED) is 0.578. The molecule has 1 heterocycles. The molecule has 26 heavy (non-hydrogen) atoms. The van der Waals surface area contributed by atoms with Crippen molar-refractivity contribution < 1.29 is 19.8 Å². The molecule has 0 atom stereocenters. The monoisotopic (exact) mass is 349 g/mol. The summed E-state index contributed by atoms with van der Waals surface area (Å²) in [7, 11) is 0. The number of pyridine rings is 1. The number of aromatic hydroxyl groups is 2. The van der Waals surface area contributed by atoms with Crippen molar-refractivity contribution in [3.63, 3.8) is 0 Å². The highest BCUT2D eigenvalue weighted by Crippen LogP contribution is 2.22. The summed E-state index contributed by atoms with van der Waals surface area (Å²) in [5, 5.41) is 24.3. The largest absolute Gasteiger partial charge is 0.508 e. The van der Waals surface area contributed by atoms with E-state index in [9.17, 15) is 19.8 Å². The standard InChI is InChI=1S/C19H15N3O4/c23-16-7-13(8-17(24)10-16)19(26)22-15-5-1-4-14(9-15)21-18(25)12-3-2-6-20-11-12/h1-11,23-24H,(H,21,25)(H,22,26). The summed E-state index contributed by atoms with van der Waals surface area (Å²) >= 11 is 0. The Hall–Kier alpha value is -3.87. The Balaban J connectivity index is 1.73. The van der Waals surface area contributed by atoms with Crippen LogP contribution in [-0.2, 0) is 0 Å². The minimum Gasteiger partial charge on any atom is -0.508 e. The van der Waals surface area contributed by atoms with Gasteiger partial charge in [0.15, 0.2) is 0 Å². The maximum absolute atomic E-state index is 12.2. The lowest BCUT2D eigenvalue weighted by atomic mass is 10.1. The van der Waals surface area contributed by atoms with Crippen molar-refractivity contribution in [2.45, 2.75) is 0 Å². The van der Waals surface area contributed by atoms with Crippen molar-refractivity contribution in [1.82, 2.24) is 4.98 Å². The van der Waals surface area contributed by atoms with Crippen molar-refractivity contribution in [3.8, 4) is 11.5 Å². The predicted octanol–water partition coefficient (Wildman–Crippen LogP) is 3.00. The Kier molecular flexibility index (Phi) is 4.80. The molecule has 0 aliphatic rings. The number of amides is 2. The molecule has 0 radical (unpaired) electrons. The van der Waals surface area contributed by atoms with Gasteiger partial charge in [0, 0.05) is 35.4 Å². The topological polar surface area (TPSA) is 112 Å². The number of nitrogens with one attached hydrogen (secondary N) is 2. The molecule has 7 nitrogen and oxygen atoms in total.